The molecule has 2 aromatic rings. The van der Waals surface area contributed by atoms with E-state index in [0.29, 0.717) is 22.8 Å². The van der Waals surface area contributed by atoms with Gasteiger partial charge in [0.2, 0.25) is 0 Å². The van der Waals surface area contributed by atoms with Gasteiger partial charge in [-0.3, -0.25) is 20.4 Å². The Balaban J connectivity index is 2.14. The van der Waals surface area contributed by atoms with Gasteiger partial charge >= 0.3 is 0 Å². The predicted molar refractivity (Wildman–Crippen MR) is 92.2 cm³/mol. The number of ether oxygens (including phenoxy) is 3. The minimum Gasteiger partial charge on any atom is -0.496 e. The number of nitrogens with one attached hydrogen (secondary N) is 2. The van der Waals surface area contributed by atoms with Crippen molar-refractivity contribution in [2.24, 2.45) is 0 Å². The summed E-state index contributed by atoms with van der Waals surface area (Å²) in [7, 11) is 4.38. The fourth-order valence-electron chi connectivity index (χ4n) is 2.16. The highest BCUT2D eigenvalue weighted by Crippen LogP contribution is 2.34. The smallest absolute Gasteiger partial charge is 0.273 e. The normalized spacial score (nSPS) is 9.92. The second-order valence-electron chi connectivity index (χ2n) is 5.18. The Morgan fingerprint density at radius 2 is 1.28 bits per heavy atom. The van der Waals surface area contributed by atoms with Gasteiger partial charge < -0.3 is 14.2 Å². The number of hydrogen-bond donors (Lipinski definition) is 2. The van der Waals surface area contributed by atoms with Crippen LogP contribution >= 0.6 is 0 Å². The van der Waals surface area contributed by atoms with Crippen LogP contribution in [0.3, 0.4) is 0 Å². The topological polar surface area (TPSA) is 85.9 Å². The lowest BCUT2D eigenvalue weighted by Gasteiger charge is -2.14. The van der Waals surface area contributed by atoms with Gasteiger partial charge in [0.25, 0.3) is 11.8 Å². The molecule has 2 rings (SSSR count). The molecule has 2 N–H and O–H groups in total. The molecular weight excluding hydrogens is 324 g/mol. The van der Waals surface area contributed by atoms with E-state index in [1.54, 1.807) is 12.1 Å². The minimum atomic E-state index is -0.543. The molecule has 132 valence electrons. The molecule has 0 fully saturated rings. The average molecular weight is 344 g/mol. The summed E-state index contributed by atoms with van der Waals surface area (Å²) < 4.78 is 15.6. The lowest BCUT2D eigenvalue weighted by molar-refractivity contribution is 0.0844. The van der Waals surface area contributed by atoms with Crippen LogP contribution < -0.4 is 25.1 Å². The van der Waals surface area contributed by atoms with Gasteiger partial charge in [0.1, 0.15) is 5.75 Å². The average Bonchev–Trinajstić information content (AvgIpc) is 2.65. The number of amides is 2. The second kappa shape index (κ2) is 8.05. The first kappa shape index (κ1) is 18.1. The second-order valence-corrected chi connectivity index (χ2v) is 5.18. The molecule has 0 saturated heterocycles. The third kappa shape index (κ3) is 4.20. The van der Waals surface area contributed by atoms with Crippen molar-refractivity contribution in [3.05, 3.63) is 53.1 Å². The molecule has 25 heavy (non-hydrogen) atoms. The van der Waals surface area contributed by atoms with Gasteiger partial charge in [-0.1, -0.05) is 17.7 Å². The predicted octanol–water partition coefficient (Wildman–Crippen LogP) is 2.10. The van der Waals surface area contributed by atoms with E-state index in [9.17, 15) is 9.59 Å². The maximum atomic E-state index is 12.4. The summed E-state index contributed by atoms with van der Waals surface area (Å²) >= 11 is 0. The first-order valence-corrected chi connectivity index (χ1v) is 7.47. The highest BCUT2D eigenvalue weighted by molar-refractivity contribution is 6.01. The molecule has 0 bridgehead atoms. The Morgan fingerprint density at radius 3 is 1.84 bits per heavy atom. The zero-order valence-electron chi connectivity index (χ0n) is 14.5. The van der Waals surface area contributed by atoms with Crippen molar-refractivity contribution in [3.8, 4) is 17.2 Å². The van der Waals surface area contributed by atoms with Crippen molar-refractivity contribution in [2.45, 2.75) is 6.92 Å². The van der Waals surface area contributed by atoms with Crippen LogP contribution in [0.4, 0.5) is 0 Å². The molecule has 0 aliphatic heterocycles. The molecule has 0 spiro atoms. The number of hydrogen-bond acceptors (Lipinski definition) is 5. The fraction of sp³-hybridized carbons (Fsp3) is 0.222. The molecule has 0 saturated carbocycles. The van der Waals surface area contributed by atoms with Crippen LogP contribution in [0.1, 0.15) is 26.3 Å². The maximum Gasteiger partial charge on any atom is 0.273 e. The third-order valence-electron chi connectivity index (χ3n) is 3.55. The minimum absolute atomic E-state index is 0.198. The quantitative estimate of drug-likeness (QED) is 0.811. The SMILES string of the molecule is COc1cc(OC)c(C(=O)NNC(=O)c2ccc(C)cc2)cc1OC. The summed E-state index contributed by atoms with van der Waals surface area (Å²) in [6.07, 6.45) is 0. The third-order valence-corrected chi connectivity index (χ3v) is 3.55. The molecule has 0 unspecified atom stereocenters. The lowest BCUT2D eigenvalue weighted by Crippen LogP contribution is -2.41. The van der Waals surface area contributed by atoms with Crippen molar-refractivity contribution in [1.29, 1.82) is 0 Å². The maximum absolute atomic E-state index is 12.4. The molecule has 7 nitrogen and oxygen atoms in total. The van der Waals surface area contributed by atoms with Crippen molar-refractivity contribution < 1.29 is 23.8 Å². The van der Waals surface area contributed by atoms with E-state index in [0.717, 1.165) is 5.56 Å². The van der Waals surface area contributed by atoms with Crippen LogP contribution in [0.2, 0.25) is 0 Å². The van der Waals surface area contributed by atoms with Gasteiger partial charge in [-0.2, -0.15) is 0 Å². The van der Waals surface area contributed by atoms with Crippen LogP contribution in [0.5, 0.6) is 17.2 Å². The Morgan fingerprint density at radius 1 is 0.760 bits per heavy atom. The summed E-state index contributed by atoms with van der Waals surface area (Å²) in [6.45, 7) is 1.92. The molecule has 7 heteroatoms. The van der Waals surface area contributed by atoms with Crippen LogP contribution in [0.15, 0.2) is 36.4 Å². The van der Waals surface area contributed by atoms with Gasteiger partial charge in [0, 0.05) is 17.7 Å². The molecule has 0 aliphatic carbocycles. The molecule has 0 radical (unpaired) electrons. The van der Waals surface area contributed by atoms with Crippen LogP contribution in [0.25, 0.3) is 0 Å². The van der Waals surface area contributed by atoms with Crippen molar-refractivity contribution in [3.63, 3.8) is 0 Å². The van der Waals surface area contributed by atoms with E-state index in [4.69, 9.17) is 14.2 Å². The lowest BCUT2D eigenvalue weighted by atomic mass is 10.1. The molecule has 2 aromatic carbocycles. The molecule has 0 aromatic heterocycles. The summed E-state index contributed by atoms with van der Waals surface area (Å²) in [5.41, 5.74) is 6.40. The van der Waals surface area contributed by atoms with Gasteiger partial charge in [-0.05, 0) is 19.1 Å². The van der Waals surface area contributed by atoms with E-state index in [1.807, 2.05) is 19.1 Å². The molecule has 0 atom stereocenters. The Bertz CT molecular complexity index is 772. The van der Waals surface area contributed by atoms with Crippen molar-refractivity contribution >= 4 is 11.8 Å². The number of rotatable bonds is 5. The Hall–Kier alpha value is -3.22. The monoisotopic (exact) mass is 344 g/mol. The first-order valence-electron chi connectivity index (χ1n) is 7.47. The summed E-state index contributed by atoms with van der Waals surface area (Å²) in [6, 6.07) is 9.99. The van der Waals surface area contributed by atoms with Crippen molar-refractivity contribution in [1.82, 2.24) is 10.9 Å². The number of aryl methyl sites for hydroxylation is 1. The summed E-state index contributed by atoms with van der Waals surface area (Å²) in [5, 5.41) is 0. The number of carbonyl (C=O) groups is 2. The number of carbonyl (C=O) groups excluding carboxylic acids is 2. The molecule has 0 heterocycles. The molecular formula is C18H20N2O5. The fourth-order valence-corrected chi connectivity index (χ4v) is 2.16. The summed E-state index contributed by atoms with van der Waals surface area (Å²) in [4.78, 5) is 24.4. The van der Waals surface area contributed by atoms with E-state index < -0.39 is 11.8 Å². The number of methoxy groups -OCH3 is 3. The van der Waals surface area contributed by atoms with Crippen LogP contribution in [-0.4, -0.2) is 33.1 Å². The number of hydrazine groups is 1. The van der Waals surface area contributed by atoms with Crippen LogP contribution in [-0.2, 0) is 0 Å². The zero-order chi connectivity index (χ0) is 18.4. The zero-order valence-corrected chi connectivity index (χ0v) is 14.5. The van der Waals surface area contributed by atoms with Gasteiger partial charge in [-0.25, -0.2) is 0 Å². The van der Waals surface area contributed by atoms with Crippen LogP contribution in [0, 0.1) is 6.92 Å². The largest absolute Gasteiger partial charge is 0.496 e. The van der Waals surface area contributed by atoms with Gasteiger partial charge in [0.15, 0.2) is 11.5 Å². The first-order chi connectivity index (χ1) is 12.0. The Labute approximate surface area is 145 Å². The van der Waals surface area contributed by atoms with E-state index in [-0.39, 0.29) is 5.56 Å². The van der Waals surface area contributed by atoms with Gasteiger partial charge in [0.05, 0.1) is 26.9 Å². The van der Waals surface area contributed by atoms with E-state index >= 15 is 0 Å². The van der Waals surface area contributed by atoms with Gasteiger partial charge in [-0.15, -0.1) is 0 Å². The highest BCUT2D eigenvalue weighted by atomic mass is 16.5. The number of benzene rings is 2. The highest BCUT2D eigenvalue weighted by Gasteiger charge is 2.18. The van der Waals surface area contributed by atoms with E-state index in [1.165, 1.54) is 33.5 Å². The molecule has 2 amide bonds. The Kier molecular flexibility index (Phi) is 5.84. The standard InChI is InChI=1S/C18H20N2O5/c1-11-5-7-12(8-6-11)17(21)19-20-18(22)13-9-15(24-3)16(25-4)10-14(13)23-2/h5-10H,1-4H3,(H,19,21)(H,20,22). The van der Waals surface area contributed by atoms with Crippen molar-refractivity contribution in [2.75, 3.05) is 21.3 Å². The molecule has 0 aliphatic rings. The summed E-state index contributed by atoms with van der Waals surface area (Å²) in [5.74, 6) is 0.128. The van der Waals surface area contributed by atoms with E-state index in [2.05, 4.69) is 10.9 Å².